The van der Waals surface area contributed by atoms with Crippen LogP contribution in [0.5, 0.6) is 0 Å². The van der Waals surface area contributed by atoms with Gasteiger partial charge in [0.05, 0.1) is 45.7 Å². The lowest BCUT2D eigenvalue weighted by Gasteiger charge is -1.83. The van der Waals surface area contributed by atoms with Crippen molar-refractivity contribution in [3.63, 3.8) is 0 Å². The van der Waals surface area contributed by atoms with Crippen LogP contribution in [0.15, 0.2) is 93.3 Å². The number of rotatable bonds is 0. The minimum atomic E-state index is 0.369. The lowest BCUT2D eigenvalue weighted by atomic mass is 10.2. The third-order valence-corrected chi connectivity index (χ3v) is 9.20. The summed E-state index contributed by atoms with van der Waals surface area (Å²) in [6.45, 7) is 33.4. The molecule has 0 spiro atoms. The first-order chi connectivity index (χ1) is 29.7. The van der Waals surface area contributed by atoms with Gasteiger partial charge in [0.2, 0.25) is 15.7 Å². The second kappa shape index (κ2) is 27.6. The molecule has 342 valence electrons. The summed E-state index contributed by atoms with van der Waals surface area (Å²) in [6, 6.07) is 9.11. The molecule has 0 fully saturated rings. The zero-order valence-electron chi connectivity index (χ0n) is 38.6. The van der Waals surface area contributed by atoms with Gasteiger partial charge in [-0.25, -0.2) is 0 Å². The van der Waals surface area contributed by atoms with Crippen molar-refractivity contribution in [2.24, 2.45) is 0 Å². The fourth-order valence-electron chi connectivity index (χ4n) is 5.06. The smallest absolute Gasteiger partial charge is 0.298 e. The Morgan fingerprint density at radius 1 is 0.371 bits per heavy atom. The molecule has 10 rings (SSSR count). The molecule has 0 saturated heterocycles. The Morgan fingerprint density at radius 2 is 0.823 bits per heavy atom. The van der Waals surface area contributed by atoms with E-state index in [1.807, 2.05) is 136 Å². The highest BCUT2D eigenvalue weighted by Gasteiger charge is 2.14. The standard InChI is InChI=1S/2C8H7ClO2.3C7H5ClO2.5C2H6/c1-4-3-10-8-6(4)5(2)7(9)11-8;1-4-3-6-5(2)7(9)11-8(6)10-4;1-4-3-9-7-5(4)2-6(8)10-7;1-4-2-5-3-6(8)10-7(5)9-4;1-4-5-2-3-9-7(5)10-6(4)8;5*1-2/h2*3H,1-2H3;3*2-3H,1H3;5*1-2H3. The first kappa shape index (κ1) is 55.6. The third kappa shape index (κ3) is 14.3. The minimum absolute atomic E-state index is 0.369. The topological polar surface area (TPSA) is 131 Å². The maximum atomic E-state index is 5.74. The van der Waals surface area contributed by atoms with Crippen LogP contribution < -0.4 is 0 Å². The van der Waals surface area contributed by atoms with Crippen LogP contribution in [0, 0.1) is 48.5 Å². The Kier molecular flexibility index (Phi) is 24.7. The molecule has 0 N–H and O–H groups in total. The van der Waals surface area contributed by atoms with E-state index in [4.69, 9.17) is 102 Å². The Labute approximate surface area is 388 Å². The summed E-state index contributed by atoms with van der Waals surface area (Å²) in [6.07, 6.45) is 4.89. The molecule has 0 saturated carbocycles. The minimum Gasteiger partial charge on any atom is -0.433 e. The molecule has 10 aromatic heterocycles. The summed E-state index contributed by atoms with van der Waals surface area (Å²) in [7, 11) is 0. The molecular formula is C47H59Cl5O10. The Bertz CT molecular complexity index is 2680. The Morgan fingerprint density at radius 3 is 1.37 bits per heavy atom. The zero-order valence-corrected chi connectivity index (χ0v) is 42.4. The first-order valence-corrected chi connectivity index (χ1v) is 22.3. The Hall–Kier alpha value is -4.45. The van der Waals surface area contributed by atoms with Gasteiger partial charge in [0, 0.05) is 28.8 Å². The molecule has 0 aromatic carbocycles. The van der Waals surface area contributed by atoms with Gasteiger partial charge >= 0.3 is 0 Å². The molecule has 10 aromatic rings. The molecule has 0 radical (unpaired) electrons. The maximum Gasteiger partial charge on any atom is 0.298 e. The molecular weight excluding hydrogens is 902 g/mol. The van der Waals surface area contributed by atoms with Crippen LogP contribution in [0.2, 0.25) is 26.1 Å². The van der Waals surface area contributed by atoms with Crippen molar-refractivity contribution in [1.29, 1.82) is 0 Å². The van der Waals surface area contributed by atoms with Gasteiger partial charge in [-0.1, -0.05) is 69.2 Å². The van der Waals surface area contributed by atoms with Crippen molar-refractivity contribution in [2.45, 2.75) is 118 Å². The molecule has 0 aliphatic heterocycles. The lowest BCUT2D eigenvalue weighted by molar-refractivity contribution is 0.462. The van der Waals surface area contributed by atoms with Crippen LogP contribution >= 0.6 is 58.0 Å². The highest BCUT2D eigenvalue weighted by atomic mass is 35.5. The quantitative estimate of drug-likeness (QED) is 0.145. The van der Waals surface area contributed by atoms with Crippen molar-refractivity contribution in [3.8, 4) is 0 Å². The van der Waals surface area contributed by atoms with Gasteiger partial charge < -0.3 is 44.2 Å². The monoisotopic (exact) mass is 958 g/mol. The number of halogens is 5. The summed E-state index contributed by atoms with van der Waals surface area (Å²) in [4.78, 5) is 0. The highest BCUT2D eigenvalue weighted by Crippen LogP contribution is 2.33. The van der Waals surface area contributed by atoms with Crippen molar-refractivity contribution < 1.29 is 44.2 Å². The van der Waals surface area contributed by atoms with Crippen LogP contribution in [0.25, 0.3) is 55.8 Å². The van der Waals surface area contributed by atoms with Crippen LogP contribution in [-0.2, 0) is 0 Å². The van der Waals surface area contributed by atoms with Gasteiger partial charge in [-0.15, -0.1) is 0 Å². The molecule has 0 aliphatic rings. The van der Waals surface area contributed by atoms with E-state index >= 15 is 0 Å². The molecule has 0 unspecified atom stereocenters. The molecule has 62 heavy (non-hydrogen) atoms. The third-order valence-electron chi connectivity index (χ3n) is 7.75. The van der Waals surface area contributed by atoms with E-state index in [2.05, 4.69) is 0 Å². The molecule has 10 heterocycles. The molecule has 0 amide bonds. The largest absolute Gasteiger partial charge is 0.433 e. The van der Waals surface area contributed by atoms with Gasteiger partial charge in [0.15, 0.2) is 10.4 Å². The highest BCUT2D eigenvalue weighted by molar-refractivity contribution is 6.31. The van der Waals surface area contributed by atoms with E-state index in [0.717, 1.165) is 66.3 Å². The number of hydrogen-bond acceptors (Lipinski definition) is 10. The summed E-state index contributed by atoms with van der Waals surface area (Å²) in [5, 5.41) is 6.77. The fourth-order valence-corrected chi connectivity index (χ4v) is 5.93. The van der Waals surface area contributed by atoms with Crippen LogP contribution in [0.4, 0.5) is 0 Å². The molecule has 15 heteroatoms. The predicted octanol–water partition coefficient (Wildman–Crippen LogP) is 20.7. The summed E-state index contributed by atoms with van der Waals surface area (Å²) >= 11 is 28.2. The number of aryl methyl sites for hydroxylation is 7. The SMILES string of the molecule is CC.CC.CC.CC.CC.Cc1c(Cl)oc2occc12.Cc1cc2c(C)c(Cl)oc2o1.Cc1cc2cc(Cl)oc2o1.Cc1coc2oc(Cl)c(C)c12.Cc1coc2oc(Cl)cc12. The van der Waals surface area contributed by atoms with Gasteiger partial charge in [-0.3, -0.25) is 0 Å². The molecule has 0 aliphatic carbocycles. The van der Waals surface area contributed by atoms with Gasteiger partial charge in [0.25, 0.3) is 28.9 Å². The maximum absolute atomic E-state index is 5.74. The first-order valence-electron chi connectivity index (χ1n) is 20.4. The van der Waals surface area contributed by atoms with E-state index in [9.17, 15) is 0 Å². The van der Waals surface area contributed by atoms with Crippen LogP contribution in [0.1, 0.15) is 109 Å². The number of hydrogen-bond donors (Lipinski definition) is 0. The summed E-state index contributed by atoms with van der Waals surface area (Å²) in [5.74, 6) is 4.23. The average molecular weight is 961 g/mol. The van der Waals surface area contributed by atoms with Crippen LogP contribution in [0.3, 0.4) is 0 Å². The fraction of sp³-hybridized carbons (Fsp3) is 0.362. The number of fused-ring (bicyclic) bond motifs is 5. The van der Waals surface area contributed by atoms with Crippen molar-refractivity contribution in [1.82, 2.24) is 0 Å². The average Bonchev–Trinajstić information content (AvgIpc) is 4.17. The van der Waals surface area contributed by atoms with E-state index in [-0.39, 0.29) is 0 Å². The zero-order chi connectivity index (χ0) is 47.4. The predicted molar refractivity (Wildman–Crippen MR) is 257 cm³/mol. The number of furan rings is 10. The van der Waals surface area contributed by atoms with E-state index in [0.29, 0.717) is 55.0 Å². The summed E-state index contributed by atoms with van der Waals surface area (Å²) in [5.41, 5.74) is 4.94. The molecule has 10 nitrogen and oxygen atoms in total. The Balaban J connectivity index is 0.000000368. The van der Waals surface area contributed by atoms with Crippen LogP contribution in [-0.4, -0.2) is 0 Å². The van der Waals surface area contributed by atoms with E-state index < -0.39 is 0 Å². The normalized spacial score (nSPS) is 9.77. The van der Waals surface area contributed by atoms with Crippen molar-refractivity contribution >= 4 is 114 Å². The van der Waals surface area contributed by atoms with E-state index in [1.165, 1.54) is 0 Å². The molecule has 0 atom stereocenters. The van der Waals surface area contributed by atoms with Gasteiger partial charge in [-0.05, 0) is 136 Å². The lowest BCUT2D eigenvalue weighted by Crippen LogP contribution is -1.67. The summed E-state index contributed by atoms with van der Waals surface area (Å²) < 4.78 is 50.7. The molecule has 0 bridgehead atoms. The van der Waals surface area contributed by atoms with Gasteiger partial charge in [0.1, 0.15) is 11.5 Å². The van der Waals surface area contributed by atoms with Gasteiger partial charge in [-0.2, -0.15) is 0 Å². The van der Waals surface area contributed by atoms with Crippen molar-refractivity contribution in [2.75, 3.05) is 0 Å². The van der Waals surface area contributed by atoms with Crippen molar-refractivity contribution in [3.05, 3.63) is 115 Å². The second-order valence-electron chi connectivity index (χ2n) is 11.6. The second-order valence-corrected chi connectivity index (χ2v) is 13.4. The van der Waals surface area contributed by atoms with E-state index in [1.54, 1.807) is 30.9 Å².